The van der Waals surface area contributed by atoms with Crippen LogP contribution in [0.15, 0.2) is 18.2 Å². The zero-order valence-electron chi connectivity index (χ0n) is 12.0. The summed E-state index contributed by atoms with van der Waals surface area (Å²) in [6, 6.07) is 4.49. The van der Waals surface area contributed by atoms with Crippen LogP contribution in [0.1, 0.15) is 43.0 Å². The first-order valence-electron chi connectivity index (χ1n) is 7.14. The van der Waals surface area contributed by atoms with Crippen molar-refractivity contribution in [1.82, 2.24) is 4.90 Å². The summed E-state index contributed by atoms with van der Waals surface area (Å²) in [5, 5.41) is 10.9. The van der Waals surface area contributed by atoms with Crippen LogP contribution in [-0.4, -0.2) is 28.3 Å². The molecule has 1 aromatic carbocycles. The summed E-state index contributed by atoms with van der Waals surface area (Å²) < 4.78 is 0. The molecule has 114 valence electrons. The second kappa shape index (κ2) is 6.53. The molecule has 0 radical (unpaired) electrons. The first-order valence-corrected chi connectivity index (χ1v) is 7.14. The van der Waals surface area contributed by atoms with Crippen LogP contribution in [0.4, 0.5) is 11.4 Å². The summed E-state index contributed by atoms with van der Waals surface area (Å²) in [6.45, 7) is 2.80. The van der Waals surface area contributed by atoms with E-state index in [-0.39, 0.29) is 23.3 Å². The molecule has 1 unspecified atom stereocenters. The first-order chi connectivity index (χ1) is 10.1. The molecule has 1 saturated heterocycles. The molecule has 1 atom stereocenters. The maximum atomic E-state index is 12.6. The molecule has 1 aliphatic rings. The number of hydrogen-bond acceptors (Lipinski definition) is 5. The number of nitrogens with zero attached hydrogens (tertiary/aromatic N) is 2. The lowest BCUT2D eigenvalue weighted by Gasteiger charge is -2.35. The van der Waals surface area contributed by atoms with Gasteiger partial charge in [-0.25, -0.2) is 0 Å². The predicted molar refractivity (Wildman–Crippen MR) is 79.9 cm³/mol. The number of benzene rings is 1. The van der Waals surface area contributed by atoms with Crippen molar-refractivity contribution in [3.63, 3.8) is 0 Å². The molecule has 1 amide bonds. The van der Waals surface area contributed by atoms with E-state index in [4.69, 9.17) is 5.84 Å². The number of likely N-dealkylation sites (tertiary alicyclic amines) is 1. The molecule has 1 heterocycles. The smallest absolute Gasteiger partial charge is 0.293 e. The second-order valence-corrected chi connectivity index (χ2v) is 5.19. The fourth-order valence-corrected chi connectivity index (χ4v) is 2.80. The molecular weight excluding hydrogens is 272 g/mol. The topological polar surface area (TPSA) is 102 Å². The Bertz CT molecular complexity index is 547. The quantitative estimate of drug-likeness (QED) is 0.503. The van der Waals surface area contributed by atoms with Gasteiger partial charge in [-0.1, -0.05) is 6.92 Å². The zero-order chi connectivity index (χ0) is 15.4. The molecule has 7 heteroatoms. The Kier molecular flexibility index (Phi) is 4.74. The van der Waals surface area contributed by atoms with Crippen molar-refractivity contribution < 1.29 is 9.72 Å². The van der Waals surface area contributed by atoms with Crippen LogP contribution in [-0.2, 0) is 0 Å². The van der Waals surface area contributed by atoms with Crippen LogP contribution in [0.5, 0.6) is 0 Å². The molecule has 0 aliphatic carbocycles. The van der Waals surface area contributed by atoms with Crippen LogP contribution in [0, 0.1) is 10.1 Å². The number of anilines is 1. The van der Waals surface area contributed by atoms with Crippen LogP contribution < -0.4 is 11.3 Å². The van der Waals surface area contributed by atoms with Gasteiger partial charge in [0.1, 0.15) is 5.69 Å². The van der Waals surface area contributed by atoms with Crippen molar-refractivity contribution in [1.29, 1.82) is 0 Å². The van der Waals surface area contributed by atoms with Gasteiger partial charge in [-0.3, -0.25) is 20.8 Å². The number of hydrazine groups is 1. The predicted octanol–water partition coefficient (Wildman–Crippen LogP) is 2.29. The normalized spacial score (nSPS) is 18.4. The molecular formula is C14H20N4O3. The van der Waals surface area contributed by atoms with Gasteiger partial charge in [-0.2, -0.15) is 0 Å². The summed E-state index contributed by atoms with van der Waals surface area (Å²) in [7, 11) is 0. The lowest BCUT2D eigenvalue weighted by atomic mass is 9.98. The minimum atomic E-state index is -0.529. The average Bonchev–Trinajstić information content (AvgIpc) is 2.53. The Morgan fingerprint density at radius 3 is 2.90 bits per heavy atom. The van der Waals surface area contributed by atoms with Crippen LogP contribution in [0.3, 0.4) is 0 Å². The van der Waals surface area contributed by atoms with Crippen LogP contribution in [0.2, 0.25) is 0 Å². The van der Waals surface area contributed by atoms with Crippen molar-refractivity contribution in [2.24, 2.45) is 5.84 Å². The molecule has 0 bridgehead atoms. The van der Waals surface area contributed by atoms with Gasteiger partial charge in [0.15, 0.2) is 0 Å². The van der Waals surface area contributed by atoms with Crippen LogP contribution in [0.25, 0.3) is 0 Å². The fourth-order valence-electron chi connectivity index (χ4n) is 2.80. The highest BCUT2D eigenvalue weighted by Crippen LogP contribution is 2.27. The van der Waals surface area contributed by atoms with E-state index in [1.54, 1.807) is 0 Å². The lowest BCUT2D eigenvalue weighted by molar-refractivity contribution is -0.384. The number of carbonyl (C=O) groups is 1. The molecule has 0 saturated carbocycles. The highest BCUT2D eigenvalue weighted by atomic mass is 16.6. The summed E-state index contributed by atoms with van der Waals surface area (Å²) in [5.74, 6) is 5.22. The largest absolute Gasteiger partial charge is 0.336 e. The molecule has 1 fully saturated rings. The molecule has 0 aromatic heterocycles. The molecule has 2 rings (SSSR count). The standard InChI is InChI=1S/C14H20N4O3/c1-2-11-5-3-4-8-17(11)14(19)10-6-7-13(18(20)21)12(9-10)16-15/h6-7,9,11,16H,2-5,8,15H2,1H3. The van der Waals surface area contributed by atoms with Crippen molar-refractivity contribution in [3.05, 3.63) is 33.9 Å². The van der Waals surface area contributed by atoms with Crippen molar-refractivity contribution in [2.75, 3.05) is 12.0 Å². The summed E-state index contributed by atoms with van der Waals surface area (Å²) in [4.78, 5) is 24.8. The van der Waals surface area contributed by atoms with Gasteiger partial charge in [0.2, 0.25) is 0 Å². The number of amides is 1. The van der Waals surface area contributed by atoms with Gasteiger partial charge in [-0.15, -0.1) is 0 Å². The Morgan fingerprint density at radius 2 is 2.29 bits per heavy atom. The van der Waals surface area contributed by atoms with E-state index in [0.717, 1.165) is 32.2 Å². The number of nitro groups is 1. The number of carbonyl (C=O) groups excluding carboxylic acids is 1. The molecule has 1 aromatic rings. The average molecular weight is 292 g/mol. The number of nitrogens with two attached hydrogens (primary N) is 1. The van der Waals surface area contributed by atoms with Crippen molar-refractivity contribution >= 4 is 17.3 Å². The SMILES string of the molecule is CCC1CCCCN1C(=O)c1ccc([N+](=O)[O-])c(NN)c1. The Hall–Kier alpha value is -2.15. The number of piperidine rings is 1. The van der Waals surface area contributed by atoms with E-state index in [1.807, 2.05) is 4.90 Å². The molecule has 7 nitrogen and oxygen atoms in total. The number of rotatable bonds is 4. The van der Waals surface area contributed by atoms with Crippen molar-refractivity contribution in [2.45, 2.75) is 38.6 Å². The van der Waals surface area contributed by atoms with E-state index in [0.29, 0.717) is 5.56 Å². The number of nitrogen functional groups attached to an aromatic ring is 1. The van der Waals surface area contributed by atoms with E-state index in [9.17, 15) is 14.9 Å². The molecule has 0 spiro atoms. The Morgan fingerprint density at radius 1 is 1.52 bits per heavy atom. The Balaban J connectivity index is 2.28. The maximum Gasteiger partial charge on any atom is 0.293 e. The summed E-state index contributed by atoms with van der Waals surface area (Å²) >= 11 is 0. The molecule has 1 aliphatic heterocycles. The Labute approximate surface area is 123 Å². The van der Waals surface area contributed by atoms with Gasteiger partial charge < -0.3 is 10.3 Å². The number of nitrogens with one attached hydrogen (secondary N) is 1. The van der Waals surface area contributed by atoms with Gasteiger partial charge in [0.25, 0.3) is 11.6 Å². The minimum absolute atomic E-state index is 0.0899. The summed E-state index contributed by atoms with van der Waals surface area (Å²) in [5.41, 5.74) is 2.72. The van der Waals surface area contributed by atoms with Crippen LogP contribution >= 0.6 is 0 Å². The van der Waals surface area contributed by atoms with Gasteiger partial charge in [0.05, 0.1) is 4.92 Å². The van der Waals surface area contributed by atoms with Gasteiger partial charge in [-0.05, 0) is 37.8 Å². The zero-order valence-corrected chi connectivity index (χ0v) is 12.0. The fraction of sp³-hybridized carbons (Fsp3) is 0.500. The summed E-state index contributed by atoms with van der Waals surface area (Å²) in [6.07, 6.45) is 4.06. The third-order valence-electron chi connectivity index (χ3n) is 3.95. The van der Waals surface area contributed by atoms with Gasteiger partial charge >= 0.3 is 0 Å². The third-order valence-corrected chi connectivity index (χ3v) is 3.95. The number of nitro benzene ring substituents is 1. The first kappa shape index (κ1) is 15.2. The monoisotopic (exact) mass is 292 g/mol. The number of hydrogen-bond donors (Lipinski definition) is 2. The lowest BCUT2D eigenvalue weighted by Crippen LogP contribution is -2.43. The molecule has 3 N–H and O–H groups in total. The third kappa shape index (κ3) is 3.13. The highest BCUT2D eigenvalue weighted by Gasteiger charge is 2.27. The van der Waals surface area contributed by atoms with E-state index in [2.05, 4.69) is 12.3 Å². The van der Waals surface area contributed by atoms with E-state index in [1.165, 1.54) is 18.2 Å². The highest BCUT2D eigenvalue weighted by molar-refractivity contribution is 5.96. The van der Waals surface area contributed by atoms with E-state index >= 15 is 0 Å². The van der Waals surface area contributed by atoms with Crippen molar-refractivity contribution in [3.8, 4) is 0 Å². The van der Waals surface area contributed by atoms with E-state index < -0.39 is 4.92 Å². The maximum absolute atomic E-state index is 12.6. The second-order valence-electron chi connectivity index (χ2n) is 5.19. The minimum Gasteiger partial charge on any atom is -0.336 e. The van der Waals surface area contributed by atoms with Gasteiger partial charge in [0, 0.05) is 24.2 Å². The molecule has 21 heavy (non-hydrogen) atoms.